The van der Waals surface area contributed by atoms with Crippen LogP contribution in [0.4, 0.5) is 24.5 Å². The number of carbonyl (C=O) groups is 1. The maximum absolute atomic E-state index is 13.7. The Kier molecular flexibility index (Phi) is 5.73. The Bertz CT molecular complexity index is 1040. The van der Waals surface area contributed by atoms with E-state index in [1.165, 1.54) is 6.07 Å². The summed E-state index contributed by atoms with van der Waals surface area (Å²) in [6, 6.07) is 14.5. The van der Waals surface area contributed by atoms with Crippen LogP contribution in [0.2, 0.25) is 0 Å². The highest BCUT2D eigenvalue weighted by Gasteiger charge is 2.35. The van der Waals surface area contributed by atoms with Gasteiger partial charge in [0.1, 0.15) is 0 Å². The van der Waals surface area contributed by atoms with Crippen molar-refractivity contribution in [1.29, 1.82) is 0 Å². The van der Waals surface area contributed by atoms with Crippen molar-refractivity contribution >= 4 is 17.3 Å². The minimum atomic E-state index is -4.58. The van der Waals surface area contributed by atoms with Crippen molar-refractivity contribution < 1.29 is 18.0 Å². The minimum absolute atomic E-state index is 0.245. The zero-order chi connectivity index (χ0) is 22.0. The Labute approximate surface area is 178 Å². The van der Waals surface area contributed by atoms with E-state index in [9.17, 15) is 18.0 Å². The largest absolute Gasteiger partial charge is 0.418 e. The zero-order valence-electron chi connectivity index (χ0n) is 17.1. The summed E-state index contributed by atoms with van der Waals surface area (Å²) in [6.45, 7) is 2.90. The SMILES string of the molecule is CN1CCN(c2ccc(NC(=O)c3ccc(-n4cccc4)cc3)c(C(F)(F)F)c2)CC1. The van der Waals surface area contributed by atoms with E-state index >= 15 is 0 Å². The monoisotopic (exact) mass is 428 g/mol. The van der Waals surface area contributed by atoms with Crippen molar-refractivity contribution in [3.05, 3.63) is 78.1 Å². The summed E-state index contributed by atoms with van der Waals surface area (Å²) in [5.41, 5.74) is 0.557. The van der Waals surface area contributed by atoms with Gasteiger partial charge in [-0.05, 0) is 61.6 Å². The third-order valence-electron chi connectivity index (χ3n) is 5.46. The standard InChI is InChI=1S/C23H23F3N4O/c1-28-12-14-30(15-13-28)19-8-9-21(20(16-19)23(24,25)26)27-22(31)17-4-6-18(7-5-17)29-10-2-3-11-29/h2-11,16H,12-15H2,1H3,(H,27,31). The normalized spacial score (nSPS) is 15.2. The molecule has 162 valence electrons. The molecule has 0 radical (unpaired) electrons. The highest BCUT2D eigenvalue weighted by Crippen LogP contribution is 2.37. The fourth-order valence-electron chi connectivity index (χ4n) is 3.62. The second kappa shape index (κ2) is 8.47. The van der Waals surface area contributed by atoms with Crippen molar-refractivity contribution in [1.82, 2.24) is 9.47 Å². The highest BCUT2D eigenvalue weighted by atomic mass is 19.4. The number of hydrogen-bond donors (Lipinski definition) is 1. The van der Waals surface area contributed by atoms with Gasteiger partial charge in [0.15, 0.2) is 0 Å². The highest BCUT2D eigenvalue weighted by molar-refractivity contribution is 6.05. The van der Waals surface area contributed by atoms with E-state index in [-0.39, 0.29) is 11.3 Å². The first-order chi connectivity index (χ1) is 14.8. The Morgan fingerprint density at radius 2 is 1.52 bits per heavy atom. The average Bonchev–Trinajstić information content (AvgIpc) is 3.29. The van der Waals surface area contributed by atoms with Gasteiger partial charge in [0.05, 0.1) is 11.3 Å². The molecule has 5 nitrogen and oxygen atoms in total. The lowest BCUT2D eigenvalue weighted by atomic mass is 10.1. The lowest BCUT2D eigenvalue weighted by Gasteiger charge is -2.34. The third-order valence-corrected chi connectivity index (χ3v) is 5.46. The maximum Gasteiger partial charge on any atom is 0.418 e. The molecule has 2 heterocycles. The number of benzene rings is 2. The molecule has 1 aliphatic heterocycles. The molecule has 0 unspecified atom stereocenters. The Hall–Kier alpha value is -3.26. The molecular weight excluding hydrogens is 405 g/mol. The van der Waals surface area contributed by atoms with Crippen LogP contribution in [0, 0.1) is 0 Å². The second-order valence-electron chi connectivity index (χ2n) is 7.61. The van der Waals surface area contributed by atoms with Crippen molar-refractivity contribution in [2.24, 2.45) is 0 Å². The first-order valence-corrected chi connectivity index (χ1v) is 10.0. The summed E-state index contributed by atoms with van der Waals surface area (Å²) in [5.74, 6) is -0.586. The Morgan fingerprint density at radius 1 is 0.903 bits per heavy atom. The van der Waals surface area contributed by atoms with Crippen LogP contribution in [0.3, 0.4) is 0 Å². The van der Waals surface area contributed by atoms with E-state index in [0.717, 1.165) is 24.8 Å². The van der Waals surface area contributed by atoms with Gasteiger partial charge in [0.25, 0.3) is 5.91 Å². The van der Waals surface area contributed by atoms with Crippen LogP contribution in [0.5, 0.6) is 0 Å². The van der Waals surface area contributed by atoms with Gasteiger partial charge in [-0.15, -0.1) is 0 Å². The van der Waals surface area contributed by atoms with E-state index < -0.39 is 17.6 Å². The Morgan fingerprint density at radius 3 is 2.13 bits per heavy atom. The number of likely N-dealkylation sites (N-methyl/N-ethyl adjacent to an activating group) is 1. The molecule has 2 aromatic carbocycles. The van der Waals surface area contributed by atoms with Crippen LogP contribution in [0.15, 0.2) is 67.0 Å². The maximum atomic E-state index is 13.7. The topological polar surface area (TPSA) is 40.5 Å². The zero-order valence-corrected chi connectivity index (χ0v) is 17.1. The van der Waals surface area contributed by atoms with Crippen LogP contribution in [0.1, 0.15) is 15.9 Å². The smallest absolute Gasteiger partial charge is 0.369 e. The summed E-state index contributed by atoms with van der Waals surface area (Å²) >= 11 is 0. The Balaban J connectivity index is 1.55. The van der Waals surface area contributed by atoms with E-state index in [1.807, 2.05) is 41.0 Å². The van der Waals surface area contributed by atoms with Gasteiger partial charge in [-0.1, -0.05) is 0 Å². The predicted octanol–water partition coefficient (Wildman–Crippen LogP) is 4.50. The van der Waals surface area contributed by atoms with Crippen LogP contribution < -0.4 is 10.2 Å². The number of carbonyl (C=O) groups excluding carboxylic acids is 1. The number of piperazine rings is 1. The number of amides is 1. The van der Waals surface area contributed by atoms with E-state index in [1.54, 1.807) is 30.3 Å². The molecule has 8 heteroatoms. The molecule has 0 spiro atoms. The third kappa shape index (κ3) is 4.74. The van der Waals surface area contributed by atoms with Gasteiger partial charge >= 0.3 is 6.18 Å². The summed E-state index contributed by atoms with van der Waals surface area (Å²) in [5, 5.41) is 2.43. The number of nitrogens with one attached hydrogen (secondary N) is 1. The molecule has 0 saturated carbocycles. The van der Waals surface area contributed by atoms with Gasteiger partial charge in [0.2, 0.25) is 0 Å². The molecule has 1 fully saturated rings. The summed E-state index contributed by atoms with van der Waals surface area (Å²) in [7, 11) is 1.99. The molecule has 31 heavy (non-hydrogen) atoms. The first-order valence-electron chi connectivity index (χ1n) is 10.0. The van der Waals surface area contributed by atoms with Crippen molar-refractivity contribution in [3.8, 4) is 5.69 Å². The van der Waals surface area contributed by atoms with Gasteiger partial charge < -0.3 is 19.7 Å². The molecule has 1 saturated heterocycles. The van der Waals surface area contributed by atoms with Crippen molar-refractivity contribution in [2.75, 3.05) is 43.4 Å². The summed E-state index contributed by atoms with van der Waals surface area (Å²) in [4.78, 5) is 16.7. The van der Waals surface area contributed by atoms with Crippen molar-refractivity contribution in [2.45, 2.75) is 6.18 Å². The quantitative estimate of drug-likeness (QED) is 0.665. The molecule has 1 N–H and O–H groups in total. The van der Waals surface area contributed by atoms with E-state index in [2.05, 4.69) is 10.2 Å². The van der Waals surface area contributed by atoms with Crippen LogP contribution in [-0.2, 0) is 6.18 Å². The molecule has 1 aromatic heterocycles. The van der Waals surface area contributed by atoms with Gasteiger partial charge in [-0.3, -0.25) is 4.79 Å². The lowest BCUT2D eigenvalue weighted by molar-refractivity contribution is -0.136. The molecule has 4 rings (SSSR count). The molecule has 3 aromatic rings. The number of nitrogens with zero attached hydrogens (tertiary/aromatic N) is 3. The van der Waals surface area contributed by atoms with Crippen molar-refractivity contribution in [3.63, 3.8) is 0 Å². The van der Waals surface area contributed by atoms with Crippen LogP contribution in [-0.4, -0.2) is 48.6 Å². The number of rotatable bonds is 4. The van der Waals surface area contributed by atoms with Crippen LogP contribution in [0.25, 0.3) is 5.69 Å². The number of alkyl halides is 3. The van der Waals surface area contributed by atoms with Gasteiger partial charge in [-0.2, -0.15) is 13.2 Å². The molecule has 1 aliphatic rings. The second-order valence-corrected chi connectivity index (χ2v) is 7.61. The number of aromatic nitrogens is 1. The molecular formula is C23H23F3N4O. The molecule has 0 aliphatic carbocycles. The molecule has 0 atom stereocenters. The lowest BCUT2D eigenvalue weighted by Crippen LogP contribution is -2.44. The van der Waals surface area contributed by atoms with E-state index in [0.29, 0.717) is 18.8 Å². The average molecular weight is 428 g/mol. The summed E-state index contributed by atoms with van der Waals surface area (Å²) < 4.78 is 43.1. The first kappa shape index (κ1) is 21.0. The fourth-order valence-corrected chi connectivity index (χ4v) is 3.62. The molecule has 0 bridgehead atoms. The number of anilines is 2. The minimum Gasteiger partial charge on any atom is -0.369 e. The predicted molar refractivity (Wildman–Crippen MR) is 115 cm³/mol. The molecule has 1 amide bonds. The fraction of sp³-hybridized carbons (Fsp3) is 0.261. The number of halogens is 3. The van der Waals surface area contributed by atoms with Crippen LogP contribution >= 0.6 is 0 Å². The van der Waals surface area contributed by atoms with Gasteiger partial charge in [-0.25, -0.2) is 0 Å². The van der Waals surface area contributed by atoms with E-state index in [4.69, 9.17) is 0 Å². The summed E-state index contributed by atoms with van der Waals surface area (Å²) in [6.07, 6.45) is -0.845. The van der Waals surface area contributed by atoms with Gasteiger partial charge in [0, 0.05) is 55.5 Å². The number of hydrogen-bond acceptors (Lipinski definition) is 3.